The van der Waals surface area contributed by atoms with Gasteiger partial charge in [-0.15, -0.1) is 0 Å². The second kappa shape index (κ2) is 3.55. The summed E-state index contributed by atoms with van der Waals surface area (Å²) in [6.45, 7) is 1.90. The molecule has 0 amide bonds. The zero-order valence-corrected chi connectivity index (χ0v) is 9.42. The van der Waals surface area contributed by atoms with Gasteiger partial charge in [0.05, 0.1) is 5.69 Å². The van der Waals surface area contributed by atoms with Gasteiger partial charge in [-0.3, -0.25) is 9.10 Å². The number of fused-ring (bicyclic) bond motifs is 1. The highest BCUT2D eigenvalue weighted by atomic mass is 32.2. The van der Waals surface area contributed by atoms with E-state index in [1.54, 1.807) is 6.92 Å². The largest absolute Gasteiger partial charge is 0.293 e. The van der Waals surface area contributed by atoms with Gasteiger partial charge in [0.1, 0.15) is 11.6 Å². The number of benzene rings is 1. The summed E-state index contributed by atoms with van der Waals surface area (Å²) >= 11 is 0. The Bertz CT molecular complexity index is 553. The number of halogens is 1. The maximum atomic E-state index is 13.0. The van der Waals surface area contributed by atoms with Crippen molar-refractivity contribution < 1.29 is 17.6 Å². The van der Waals surface area contributed by atoms with E-state index in [1.807, 2.05) is 0 Å². The van der Waals surface area contributed by atoms with Crippen molar-refractivity contribution in [2.45, 2.75) is 6.92 Å². The van der Waals surface area contributed by atoms with E-state index in [1.165, 1.54) is 6.07 Å². The van der Waals surface area contributed by atoms with Crippen molar-refractivity contribution >= 4 is 21.5 Å². The molecule has 0 saturated carbocycles. The summed E-state index contributed by atoms with van der Waals surface area (Å²) in [5.41, 5.74) is 0.400. The molecule has 2 rings (SSSR count). The summed E-state index contributed by atoms with van der Waals surface area (Å²) in [6, 6.07) is 3.55. The minimum absolute atomic E-state index is 0.136. The number of hydrogen-bond acceptors (Lipinski definition) is 3. The Hall–Kier alpha value is -1.43. The first-order valence-electron chi connectivity index (χ1n) is 4.79. The van der Waals surface area contributed by atoms with Crippen LogP contribution in [-0.2, 0) is 10.0 Å². The molecule has 16 heavy (non-hydrogen) atoms. The summed E-state index contributed by atoms with van der Waals surface area (Å²) in [6.07, 6.45) is 0. The number of nitrogens with zero attached hydrogens (tertiary/aromatic N) is 1. The number of carbonyl (C=O) groups excluding carboxylic acids is 1. The van der Waals surface area contributed by atoms with Crippen molar-refractivity contribution in [2.24, 2.45) is 0 Å². The van der Waals surface area contributed by atoms with Crippen LogP contribution < -0.4 is 4.31 Å². The van der Waals surface area contributed by atoms with Crippen LogP contribution in [0, 0.1) is 5.82 Å². The molecule has 0 N–H and O–H groups in total. The number of anilines is 1. The van der Waals surface area contributed by atoms with Gasteiger partial charge in [0.15, 0.2) is 5.78 Å². The van der Waals surface area contributed by atoms with Gasteiger partial charge >= 0.3 is 0 Å². The Morgan fingerprint density at radius 1 is 1.44 bits per heavy atom. The molecule has 0 unspecified atom stereocenters. The molecule has 0 aromatic heterocycles. The molecule has 0 saturated heterocycles. The Balaban J connectivity index is 2.68. The molecule has 86 valence electrons. The first kappa shape index (κ1) is 11.1. The zero-order valence-electron chi connectivity index (χ0n) is 8.60. The van der Waals surface area contributed by atoms with Crippen molar-refractivity contribution in [1.29, 1.82) is 0 Å². The molecule has 6 heteroatoms. The van der Waals surface area contributed by atoms with E-state index >= 15 is 0 Å². The first-order chi connectivity index (χ1) is 7.45. The molecule has 1 heterocycles. The van der Waals surface area contributed by atoms with Crippen molar-refractivity contribution in [1.82, 2.24) is 0 Å². The molecular formula is C10H10FNO3S. The highest BCUT2D eigenvalue weighted by Crippen LogP contribution is 2.29. The lowest BCUT2D eigenvalue weighted by Crippen LogP contribution is -2.40. The molecule has 0 spiro atoms. The molecule has 4 nitrogen and oxygen atoms in total. The standard InChI is InChI=1S/C10H10FNO3S/c1-2-12-9-4-3-7(11)5-8(9)10(13)6-16(12,14)15/h3-5H,2,6H2,1H3. The topological polar surface area (TPSA) is 54.5 Å². The molecule has 0 atom stereocenters. The van der Waals surface area contributed by atoms with Crippen LogP contribution in [0.3, 0.4) is 0 Å². The molecule has 0 bridgehead atoms. The monoisotopic (exact) mass is 243 g/mol. The van der Waals surface area contributed by atoms with Crippen LogP contribution in [-0.4, -0.2) is 26.5 Å². The molecule has 0 fully saturated rings. The van der Waals surface area contributed by atoms with Crippen LogP contribution in [0.4, 0.5) is 10.1 Å². The van der Waals surface area contributed by atoms with Gasteiger partial charge in [-0.2, -0.15) is 0 Å². The number of ketones is 1. The molecule has 0 radical (unpaired) electrons. The van der Waals surface area contributed by atoms with E-state index in [2.05, 4.69) is 0 Å². The molecule has 1 aliphatic rings. The van der Waals surface area contributed by atoms with Gasteiger partial charge in [0.25, 0.3) is 0 Å². The number of carbonyl (C=O) groups is 1. The van der Waals surface area contributed by atoms with Crippen LogP contribution >= 0.6 is 0 Å². The Morgan fingerprint density at radius 3 is 2.75 bits per heavy atom. The van der Waals surface area contributed by atoms with Gasteiger partial charge in [-0.05, 0) is 25.1 Å². The second-order valence-electron chi connectivity index (χ2n) is 3.51. The minimum atomic E-state index is -3.59. The van der Waals surface area contributed by atoms with E-state index in [-0.39, 0.29) is 17.8 Å². The lowest BCUT2D eigenvalue weighted by atomic mass is 10.1. The van der Waals surface area contributed by atoms with Crippen LogP contribution in [0.5, 0.6) is 0 Å². The van der Waals surface area contributed by atoms with Crippen LogP contribution in [0.15, 0.2) is 18.2 Å². The van der Waals surface area contributed by atoms with E-state index in [0.29, 0.717) is 0 Å². The SMILES string of the molecule is CCN1c2ccc(F)cc2C(=O)CS1(=O)=O. The Kier molecular flexibility index (Phi) is 2.46. The van der Waals surface area contributed by atoms with Gasteiger partial charge < -0.3 is 0 Å². The van der Waals surface area contributed by atoms with Crippen molar-refractivity contribution in [3.05, 3.63) is 29.6 Å². The van der Waals surface area contributed by atoms with Gasteiger partial charge in [0.2, 0.25) is 10.0 Å². The van der Waals surface area contributed by atoms with Crippen LogP contribution in [0.25, 0.3) is 0 Å². The predicted octanol–water partition coefficient (Wildman–Crippen LogP) is 1.18. The van der Waals surface area contributed by atoms with Crippen LogP contribution in [0.1, 0.15) is 17.3 Å². The average Bonchev–Trinajstić information content (AvgIpc) is 2.18. The van der Waals surface area contributed by atoms with Crippen LogP contribution in [0.2, 0.25) is 0 Å². The lowest BCUT2D eigenvalue weighted by Gasteiger charge is -2.28. The van der Waals surface area contributed by atoms with Crippen molar-refractivity contribution in [3.8, 4) is 0 Å². The predicted molar refractivity (Wildman–Crippen MR) is 57.5 cm³/mol. The molecule has 1 aliphatic heterocycles. The maximum Gasteiger partial charge on any atom is 0.242 e. The third-order valence-electron chi connectivity index (χ3n) is 2.46. The van der Waals surface area contributed by atoms with E-state index in [4.69, 9.17) is 0 Å². The molecule has 1 aromatic rings. The summed E-state index contributed by atoms with van der Waals surface area (Å²) < 4.78 is 37.5. The van der Waals surface area contributed by atoms with Gasteiger partial charge in [0, 0.05) is 12.1 Å². The summed E-state index contributed by atoms with van der Waals surface area (Å²) in [7, 11) is -3.59. The quantitative estimate of drug-likeness (QED) is 0.744. The first-order valence-corrected chi connectivity index (χ1v) is 6.40. The summed E-state index contributed by atoms with van der Waals surface area (Å²) in [5.74, 6) is -1.68. The number of rotatable bonds is 1. The van der Waals surface area contributed by atoms with Gasteiger partial charge in [-0.25, -0.2) is 12.8 Å². The Morgan fingerprint density at radius 2 is 2.12 bits per heavy atom. The fourth-order valence-electron chi connectivity index (χ4n) is 1.79. The minimum Gasteiger partial charge on any atom is -0.293 e. The summed E-state index contributed by atoms with van der Waals surface area (Å²) in [5, 5.41) is 0. The number of hydrogen-bond donors (Lipinski definition) is 0. The smallest absolute Gasteiger partial charge is 0.242 e. The molecular weight excluding hydrogens is 233 g/mol. The second-order valence-corrected chi connectivity index (χ2v) is 5.40. The maximum absolute atomic E-state index is 13.0. The normalized spacial score (nSPS) is 18.4. The van der Waals surface area contributed by atoms with E-state index in [9.17, 15) is 17.6 Å². The highest BCUT2D eigenvalue weighted by molar-refractivity contribution is 7.93. The summed E-state index contributed by atoms with van der Waals surface area (Å²) in [4.78, 5) is 11.5. The number of sulfonamides is 1. The number of Topliss-reactive ketones (excluding diaryl/α,β-unsaturated/α-hetero) is 1. The Labute approximate surface area is 92.7 Å². The van der Waals surface area contributed by atoms with E-state index in [0.717, 1.165) is 16.4 Å². The highest BCUT2D eigenvalue weighted by Gasteiger charge is 2.33. The lowest BCUT2D eigenvalue weighted by molar-refractivity contribution is 0.101. The fourth-order valence-corrected chi connectivity index (χ4v) is 3.28. The third kappa shape index (κ3) is 1.59. The van der Waals surface area contributed by atoms with Crippen molar-refractivity contribution in [3.63, 3.8) is 0 Å². The van der Waals surface area contributed by atoms with Gasteiger partial charge in [-0.1, -0.05) is 0 Å². The molecule has 0 aliphatic carbocycles. The van der Waals surface area contributed by atoms with E-state index < -0.39 is 27.4 Å². The van der Waals surface area contributed by atoms with Crippen molar-refractivity contribution in [2.75, 3.05) is 16.6 Å². The average molecular weight is 243 g/mol. The third-order valence-corrected chi connectivity index (χ3v) is 4.22. The molecule has 1 aromatic carbocycles. The fraction of sp³-hybridized carbons (Fsp3) is 0.300. The zero-order chi connectivity index (χ0) is 11.9.